The topological polar surface area (TPSA) is 64.7 Å². The number of fused-ring (bicyclic) bond motifs is 1. The van der Waals surface area contributed by atoms with Gasteiger partial charge in [0.15, 0.2) is 0 Å². The van der Waals surface area contributed by atoms with Gasteiger partial charge in [0.25, 0.3) is 0 Å². The first-order chi connectivity index (χ1) is 8.34. The Morgan fingerprint density at radius 2 is 1.94 bits per heavy atom. The van der Waals surface area contributed by atoms with Gasteiger partial charge < -0.3 is 5.73 Å². The molecule has 0 aliphatic heterocycles. The normalized spacial score (nSPS) is 10.6. The molecular formula is C13H10N4. The Morgan fingerprint density at radius 3 is 2.76 bits per heavy atom. The first-order valence-corrected chi connectivity index (χ1v) is 5.26. The zero-order chi connectivity index (χ0) is 11.7. The van der Waals surface area contributed by atoms with Gasteiger partial charge in [-0.2, -0.15) is 0 Å². The van der Waals surface area contributed by atoms with Gasteiger partial charge in [0.1, 0.15) is 0 Å². The van der Waals surface area contributed by atoms with E-state index in [4.69, 9.17) is 5.73 Å². The third kappa shape index (κ3) is 1.69. The van der Waals surface area contributed by atoms with Crippen molar-refractivity contribution < 1.29 is 0 Å². The van der Waals surface area contributed by atoms with Crippen LogP contribution in [0.2, 0.25) is 0 Å². The van der Waals surface area contributed by atoms with Crippen molar-refractivity contribution in [3.05, 3.63) is 48.9 Å². The second kappa shape index (κ2) is 3.83. The van der Waals surface area contributed by atoms with Crippen LogP contribution < -0.4 is 5.73 Å². The summed E-state index contributed by atoms with van der Waals surface area (Å²) in [6.45, 7) is 0. The predicted octanol–water partition coefficient (Wildman–Crippen LogP) is 2.27. The highest BCUT2D eigenvalue weighted by Crippen LogP contribution is 2.24. The van der Waals surface area contributed by atoms with E-state index in [9.17, 15) is 0 Å². The van der Waals surface area contributed by atoms with E-state index >= 15 is 0 Å². The number of nitrogen functional groups attached to an aromatic ring is 1. The molecule has 3 rings (SSSR count). The van der Waals surface area contributed by atoms with Gasteiger partial charge in [-0.25, -0.2) is 4.98 Å². The van der Waals surface area contributed by atoms with Gasteiger partial charge in [0.2, 0.25) is 0 Å². The summed E-state index contributed by atoms with van der Waals surface area (Å²) < 4.78 is 0. The summed E-state index contributed by atoms with van der Waals surface area (Å²) in [5, 5.41) is 0.916. The summed E-state index contributed by atoms with van der Waals surface area (Å²) >= 11 is 0. The van der Waals surface area contributed by atoms with Crippen molar-refractivity contribution in [2.24, 2.45) is 0 Å². The van der Waals surface area contributed by atoms with E-state index < -0.39 is 0 Å². The Hall–Kier alpha value is -2.49. The van der Waals surface area contributed by atoms with Gasteiger partial charge in [-0.3, -0.25) is 9.97 Å². The largest absolute Gasteiger partial charge is 0.398 e. The molecule has 0 aliphatic carbocycles. The Bertz CT molecular complexity index is 665. The van der Waals surface area contributed by atoms with Crippen molar-refractivity contribution in [1.82, 2.24) is 15.0 Å². The van der Waals surface area contributed by atoms with Crippen molar-refractivity contribution in [3.8, 4) is 11.4 Å². The predicted molar refractivity (Wildman–Crippen MR) is 67.2 cm³/mol. The molecule has 82 valence electrons. The van der Waals surface area contributed by atoms with E-state index in [-0.39, 0.29) is 0 Å². The average Bonchev–Trinajstić information content (AvgIpc) is 2.40. The van der Waals surface area contributed by atoms with Gasteiger partial charge >= 0.3 is 0 Å². The lowest BCUT2D eigenvalue weighted by Gasteiger charge is -2.05. The summed E-state index contributed by atoms with van der Waals surface area (Å²) in [5.41, 5.74) is 9.05. The van der Waals surface area contributed by atoms with Crippen LogP contribution in [-0.2, 0) is 0 Å². The second-order valence-corrected chi connectivity index (χ2v) is 3.70. The lowest BCUT2D eigenvalue weighted by Crippen LogP contribution is -1.94. The summed E-state index contributed by atoms with van der Waals surface area (Å²) in [4.78, 5) is 12.8. The first kappa shape index (κ1) is 9.72. The van der Waals surface area contributed by atoms with E-state index in [0.29, 0.717) is 5.69 Å². The van der Waals surface area contributed by atoms with E-state index in [1.165, 1.54) is 0 Å². The van der Waals surface area contributed by atoms with E-state index in [0.717, 1.165) is 22.3 Å². The molecule has 0 saturated carbocycles. The quantitative estimate of drug-likeness (QED) is 0.686. The molecule has 0 aromatic carbocycles. The molecule has 0 spiro atoms. The van der Waals surface area contributed by atoms with Crippen LogP contribution >= 0.6 is 0 Å². The van der Waals surface area contributed by atoms with Crippen molar-refractivity contribution in [1.29, 1.82) is 0 Å². The fraction of sp³-hybridized carbons (Fsp3) is 0. The number of rotatable bonds is 1. The highest BCUT2D eigenvalue weighted by molar-refractivity contribution is 5.91. The van der Waals surface area contributed by atoms with Crippen molar-refractivity contribution in [3.63, 3.8) is 0 Å². The van der Waals surface area contributed by atoms with Gasteiger partial charge in [-0.05, 0) is 24.3 Å². The zero-order valence-corrected chi connectivity index (χ0v) is 9.04. The molecule has 3 aromatic heterocycles. The highest BCUT2D eigenvalue weighted by atomic mass is 14.8. The molecule has 0 atom stereocenters. The second-order valence-electron chi connectivity index (χ2n) is 3.70. The number of anilines is 1. The third-order valence-electron chi connectivity index (χ3n) is 2.57. The maximum atomic E-state index is 6.00. The van der Waals surface area contributed by atoms with Crippen LogP contribution in [0.1, 0.15) is 0 Å². The molecular weight excluding hydrogens is 212 g/mol. The number of hydrogen-bond acceptors (Lipinski definition) is 4. The lowest BCUT2D eigenvalue weighted by molar-refractivity contribution is 1.26. The van der Waals surface area contributed by atoms with E-state index in [1.54, 1.807) is 18.6 Å². The van der Waals surface area contributed by atoms with Gasteiger partial charge in [0.05, 0.1) is 23.1 Å². The smallest absolute Gasteiger partial charge is 0.0915 e. The van der Waals surface area contributed by atoms with Crippen LogP contribution in [0.25, 0.3) is 22.3 Å². The molecule has 0 saturated heterocycles. The molecule has 2 N–H and O–H groups in total. The molecule has 3 aromatic rings. The van der Waals surface area contributed by atoms with Crippen LogP contribution in [-0.4, -0.2) is 15.0 Å². The Labute approximate surface area is 98.2 Å². The molecule has 0 radical (unpaired) electrons. The number of nitrogens with zero attached hydrogens (tertiary/aromatic N) is 3. The number of pyridine rings is 3. The molecule has 3 heterocycles. The van der Waals surface area contributed by atoms with Crippen LogP contribution in [0.3, 0.4) is 0 Å². The van der Waals surface area contributed by atoms with Crippen LogP contribution in [0.5, 0.6) is 0 Å². The van der Waals surface area contributed by atoms with Gasteiger partial charge in [-0.15, -0.1) is 0 Å². The minimum Gasteiger partial charge on any atom is -0.398 e. The molecule has 4 nitrogen and oxygen atoms in total. The zero-order valence-electron chi connectivity index (χ0n) is 9.04. The number of aromatic nitrogens is 3. The molecule has 0 amide bonds. The average molecular weight is 222 g/mol. The highest BCUT2D eigenvalue weighted by Gasteiger charge is 2.05. The molecule has 4 heteroatoms. The van der Waals surface area contributed by atoms with Crippen LogP contribution in [0, 0.1) is 0 Å². The Morgan fingerprint density at radius 1 is 1.00 bits per heavy atom. The molecule has 0 unspecified atom stereocenters. The van der Waals surface area contributed by atoms with Gasteiger partial charge in [-0.1, -0.05) is 6.07 Å². The first-order valence-electron chi connectivity index (χ1n) is 5.26. The van der Waals surface area contributed by atoms with Crippen molar-refractivity contribution in [2.45, 2.75) is 0 Å². The van der Waals surface area contributed by atoms with Crippen molar-refractivity contribution in [2.75, 3.05) is 5.73 Å². The Balaban J connectivity index is 2.26. The van der Waals surface area contributed by atoms with E-state index in [1.807, 2.05) is 30.3 Å². The van der Waals surface area contributed by atoms with E-state index in [2.05, 4.69) is 15.0 Å². The molecule has 0 fully saturated rings. The minimum atomic E-state index is 0.693. The summed E-state index contributed by atoms with van der Waals surface area (Å²) in [6, 6.07) is 9.40. The van der Waals surface area contributed by atoms with Crippen LogP contribution in [0.15, 0.2) is 48.9 Å². The number of hydrogen-bond donors (Lipinski definition) is 1. The fourth-order valence-corrected chi connectivity index (χ4v) is 1.75. The van der Waals surface area contributed by atoms with Crippen LogP contribution in [0.4, 0.5) is 5.69 Å². The molecule has 0 bridgehead atoms. The summed E-state index contributed by atoms with van der Waals surface area (Å²) in [6.07, 6.45) is 5.15. The Kier molecular flexibility index (Phi) is 2.19. The maximum absolute atomic E-state index is 6.00. The van der Waals surface area contributed by atoms with Gasteiger partial charge in [0, 0.05) is 23.5 Å². The SMILES string of the molecule is Nc1cc(-c2ccccn2)nc2cnccc12. The summed E-state index contributed by atoms with van der Waals surface area (Å²) in [7, 11) is 0. The third-order valence-corrected chi connectivity index (χ3v) is 2.57. The van der Waals surface area contributed by atoms with Crippen molar-refractivity contribution >= 4 is 16.6 Å². The standard InChI is InChI=1S/C13H10N4/c14-10-7-12(11-3-1-2-5-16-11)17-13-8-15-6-4-9(10)13/h1-8H,(H2,14,17). The lowest BCUT2D eigenvalue weighted by atomic mass is 10.1. The fourth-order valence-electron chi connectivity index (χ4n) is 1.75. The molecule has 17 heavy (non-hydrogen) atoms. The molecule has 0 aliphatic rings. The monoisotopic (exact) mass is 222 g/mol. The summed E-state index contributed by atoms with van der Waals surface area (Å²) in [5.74, 6) is 0. The maximum Gasteiger partial charge on any atom is 0.0915 e. The minimum absolute atomic E-state index is 0.693. The number of nitrogens with two attached hydrogens (primary N) is 1.